The van der Waals surface area contributed by atoms with Crippen molar-refractivity contribution in [3.05, 3.63) is 88.8 Å². The lowest BCUT2D eigenvalue weighted by atomic mass is 9.95. The molecule has 4 amide bonds. The molecular formula is C45H46F3N11O4. The van der Waals surface area contributed by atoms with Crippen LogP contribution in [-0.4, -0.2) is 114 Å². The summed E-state index contributed by atoms with van der Waals surface area (Å²) in [4.78, 5) is 76.0. The number of amides is 4. The van der Waals surface area contributed by atoms with Crippen LogP contribution >= 0.6 is 0 Å². The first-order valence-corrected chi connectivity index (χ1v) is 21.5. The van der Waals surface area contributed by atoms with E-state index in [2.05, 4.69) is 40.4 Å². The Morgan fingerprint density at radius 1 is 0.857 bits per heavy atom. The van der Waals surface area contributed by atoms with Crippen LogP contribution in [0.15, 0.2) is 48.8 Å². The predicted octanol–water partition coefficient (Wildman–Crippen LogP) is 5.51. The highest BCUT2D eigenvalue weighted by Gasteiger charge is 2.48. The fourth-order valence-corrected chi connectivity index (χ4v) is 10.3. The Bertz CT molecular complexity index is 2700. The van der Waals surface area contributed by atoms with Gasteiger partial charge in [0.05, 0.1) is 28.5 Å². The number of piperazine rings is 1. The van der Waals surface area contributed by atoms with Crippen molar-refractivity contribution in [3.8, 4) is 11.3 Å². The topological polar surface area (TPSA) is 162 Å². The number of likely N-dealkylation sites (tertiary alicyclic amines) is 2. The zero-order chi connectivity index (χ0) is 43.8. The Hall–Kier alpha value is -6.27. The molecule has 0 aliphatic carbocycles. The third kappa shape index (κ3) is 7.37. The molecule has 5 aromatic rings. The van der Waals surface area contributed by atoms with E-state index in [0.29, 0.717) is 35.3 Å². The van der Waals surface area contributed by atoms with Crippen LogP contribution in [0.25, 0.3) is 22.3 Å². The molecule has 0 radical (unpaired) electrons. The summed E-state index contributed by atoms with van der Waals surface area (Å²) < 4.78 is 47.8. The minimum atomic E-state index is -1.10. The first-order valence-electron chi connectivity index (χ1n) is 21.5. The van der Waals surface area contributed by atoms with E-state index < -0.39 is 47.1 Å². The number of benzene rings is 2. The van der Waals surface area contributed by atoms with Gasteiger partial charge in [-0.05, 0) is 101 Å². The maximum absolute atomic E-state index is 15.6. The van der Waals surface area contributed by atoms with Gasteiger partial charge in [-0.1, -0.05) is 6.07 Å². The molecule has 3 atom stereocenters. The Morgan fingerprint density at radius 2 is 1.63 bits per heavy atom. The minimum Gasteiger partial charge on any atom is -0.363 e. The van der Waals surface area contributed by atoms with Crippen molar-refractivity contribution >= 4 is 52.1 Å². The quantitative estimate of drug-likeness (QED) is 0.170. The fourth-order valence-electron chi connectivity index (χ4n) is 10.3. The Morgan fingerprint density at radius 3 is 2.33 bits per heavy atom. The fraction of sp³-hybridized carbons (Fsp3) is 0.422. The average Bonchev–Trinajstić information content (AvgIpc) is 4.00. The van der Waals surface area contributed by atoms with Gasteiger partial charge in [-0.2, -0.15) is 0 Å². The number of imide groups is 2. The number of piperidine rings is 2. The predicted molar refractivity (Wildman–Crippen MR) is 226 cm³/mol. The highest BCUT2D eigenvalue weighted by atomic mass is 19.1. The third-order valence-corrected chi connectivity index (χ3v) is 13.3. The molecule has 10 rings (SSSR count). The second-order valence-electron chi connectivity index (χ2n) is 17.7. The molecule has 8 heterocycles. The van der Waals surface area contributed by atoms with Gasteiger partial charge in [-0.15, -0.1) is 0 Å². The number of rotatable bonds is 10. The summed E-state index contributed by atoms with van der Waals surface area (Å²) in [5.74, 6) is -2.50. The van der Waals surface area contributed by atoms with Crippen molar-refractivity contribution < 1.29 is 32.3 Å². The van der Waals surface area contributed by atoms with Gasteiger partial charge < -0.3 is 14.8 Å². The molecule has 18 heteroatoms. The normalized spacial score (nSPS) is 22.0. The van der Waals surface area contributed by atoms with Crippen LogP contribution in [0.5, 0.6) is 0 Å². The van der Waals surface area contributed by atoms with Gasteiger partial charge >= 0.3 is 0 Å². The molecule has 15 nitrogen and oxygen atoms in total. The summed E-state index contributed by atoms with van der Waals surface area (Å²) in [6.07, 6.45) is 5.90. The van der Waals surface area contributed by atoms with E-state index in [9.17, 15) is 19.2 Å². The molecule has 0 saturated carbocycles. The van der Waals surface area contributed by atoms with E-state index in [1.807, 2.05) is 42.4 Å². The zero-order valence-corrected chi connectivity index (χ0v) is 35.1. The number of imidazole rings is 1. The number of hydrogen-bond donors (Lipinski definition) is 2. The number of aryl methyl sites for hydroxylation is 1. The lowest BCUT2D eigenvalue weighted by molar-refractivity contribution is -0.136. The first kappa shape index (κ1) is 40.8. The number of nitrogens with zero attached hydrogens (tertiary/aromatic N) is 9. The largest absolute Gasteiger partial charge is 0.363 e. The van der Waals surface area contributed by atoms with E-state index >= 15 is 13.2 Å². The van der Waals surface area contributed by atoms with E-state index in [1.165, 1.54) is 12.1 Å². The van der Waals surface area contributed by atoms with Gasteiger partial charge in [0, 0.05) is 62.5 Å². The standard InChI is InChI=1S/C45H46F3N11O4/c1-23(2)58-24(3)51-41-33(47)12-27(13-37(41)58)40-34(48)18-50-45(54-40)52-38-6-4-26(17-49-38)19-55-10-8-25(9-11-55)20-56-21-29-14-28(56)22-57(29)36-16-31-30(15-32(36)46)43(62)59(44(31)63)35-5-7-39(60)53-42(35)61/h4,6,12-13,15-18,23,25,28-29,35H,5,7-11,14,19-22H2,1-3H3,(H,53,60,61)(H,49,50,52,54)/t28-,29-,35?/m0/s1. The zero-order valence-electron chi connectivity index (χ0n) is 35.1. The Balaban J connectivity index is 0.716. The van der Waals surface area contributed by atoms with Crippen molar-refractivity contribution in [2.45, 2.75) is 83.6 Å². The van der Waals surface area contributed by atoms with Gasteiger partial charge in [-0.3, -0.25) is 39.2 Å². The molecular weight excluding hydrogens is 816 g/mol. The number of anilines is 3. The summed E-state index contributed by atoms with van der Waals surface area (Å²) in [5, 5.41) is 5.24. The van der Waals surface area contributed by atoms with Crippen LogP contribution in [0, 0.1) is 30.3 Å². The van der Waals surface area contributed by atoms with Crippen LogP contribution in [0.1, 0.15) is 84.1 Å². The SMILES string of the molecule is Cc1nc2c(F)cc(-c3nc(Nc4ccc(CN5CCC(CN6C[C@@H]7C[C@H]6CN7c6cc7c(cc6F)C(=O)N(C6CCC(=O)NC6=O)C7=O)CC5)cn4)ncc3F)cc2n1C(C)C. The number of carbonyl (C=O) groups is 4. The second-order valence-corrected chi connectivity index (χ2v) is 17.7. The van der Waals surface area contributed by atoms with Crippen LogP contribution in [0.3, 0.4) is 0 Å². The molecule has 0 spiro atoms. The molecule has 5 aliphatic rings. The van der Waals surface area contributed by atoms with Crippen LogP contribution in [0.4, 0.5) is 30.6 Å². The minimum absolute atomic E-state index is 0.0143. The van der Waals surface area contributed by atoms with E-state index in [1.54, 1.807) is 12.3 Å². The molecule has 1 unspecified atom stereocenters. The number of halogens is 3. The monoisotopic (exact) mass is 861 g/mol. The molecule has 2 N–H and O–H groups in total. The number of carbonyl (C=O) groups excluding carboxylic acids is 4. The Kier molecular flexibility index (Phi) is 10.2. The van der Waals surface area contributed by atoms with Crippen molar-refractivity contribution in [2.75, 3.05) is 42.9 Å². The van der Waals surface area contributed by atoms with Gasteiger partial charge in [-0.25, -0.2) is 33.1 Å². The lowest BCUT2D eigenvalue weighted by Crippen LogP contribution is -2.54. The van der Waals surface area contributed by atoms with Crippen molar-refractivity contribution in [2.24, 2.45) is 5.92 Å². The third-order valence-electron chi connectivity index (χ3n) is 13.3. The van der Waals surface area contributed by atoms with Gasteiger partial charge in [0.2, 0.25) is 17.8 Å². The molecule has 2 bridgehead atoms. The number of nitrogens with one attached hydrogen (secondary N) is 2. The lowest BCUT2D eigenvalue weighted by Gasteiger charge is -2.39. The Labute approximate surface area is 360 Å². The summed E-state index contributed by atoms with van der Waals surface area (Å²) in [6.45, 7) is 10.8. The molecule has 3 aromatic heterocycles. The highest BCUT2D eigenvalue weighted by Crippen LogP contribution is 2.40. The van der Waals surface area contributed by atoms with Crippen LogP contribution < -0.4 is 15.5 Å². The molecule has 4 fully saturated rings. The van der Waals surface area contributed by atoms with Gasteiger partial charge in [0.25, 0.3) is 11.8 Å². The van der Waals surface area contributed by atoms with E-state index in [4.69, 9.17) is 0 Å². The van der Waals surface area contributed by atoms with Crippen molar-refractivity contribution in [1.29, 1.82) is 0 Å². The van der Waals surface area contributed by atoms with Crippen LogP contribution in [0.2, 0.25) is 0 Å². The average molecular weight is 862 g/mol. The van der Waals surface area contributed by atoms with Gasteiger partial charge in [0.15, 0.2) is 11.6 Å². The van der Waals surface area contributed by atoms with Crippen molar-refractivity contribution in [3.63, 3.8) is 0 Å². The summed E-state index contributed by atoms with van der Waals surface area (Å²) in [5.41, 5.74) is 2.41. The summed E-state index contributed by atoms with van der Waals surface area (Å²) in [6, 6.07) is 8.60. The van der Waals surface area contributed by atoms with Crippen molar-refractivity contribution in [1.82, 2.24) is 44.5 Å². The molecule has 63 heavy (non-hydrogen) atoms. The smallest absolute Gasteiger partial charge is 0.262 e. The number of hydrogen-bond acceptors (Lipinski definition) is 12. The summed E-state index contributed by atoms with van der Waals surface area (Å²) >= 11 is 0. The molecule has 4 saturated heterocycles. The first-order chi connectivity index (χ1) is 30.3. The molecule has 2 aromatic carbocycles. The van der Waals surface area contributed by atoms with Gasteiger partial charge in [0.1, 0.15) is 34.7 Å². The molecule has 326 valence electrons. The number of pyridine rings is 1. The highest BCUT2D eigenvalue weighted by molar-refractivity contribution is 6.23. The molecule has 5 aliphatic heterocycles. The maximum Gasteiger partial charge on any atom is 0.262 e. The van der Waals surface area contributed by atoms with E-state index in [-0.39, 0.29) is 64.8 Å². The van der Waals surface area contributed by atoms with Crippen LogP contribution in [-0.2, 0) is 16.1 Å². The number of aromatic nitrogens is 5. The summed E-state index contributed by atoms with van der Waals surface area (Å²) in [7, 11) is 0. The second kappa shape index (κ2) is 15.8. The number of fused-ring (bicyclic) bond motifs is 4. The maximum atomic E-state index is 15.6. The van der Waals surface area contributed by atoms with E-state index in [0.717, 1.165) is 74.7 Å².